The van der Waals surface area contributed by atoms with Crippen molar-refractivity contribution in [2.24, 2.45) is 7.05 Å². The van der Waals surface area contributed by atoms with Crippen LogP contribution in [0.3, 0.4) is 0 Å². The number of esters is 1. The zero-order valence-corrected chi connectivity index (χ0v) is 12.7. The van der Waals surface area contributed by atoms with E-state index in [1.165, 1.54) is 24.2 Å². The minimum atomic E-state index is -3.78. The Morgan fingerprint density at radius 1 is 1.50 bits per heavy atom. The van der Waals surface area contributed by atoms with Gasteiger partial charge in [0.2, 0.25) is 0 Å². The minimum Gasteiger partial charge on any atom is -0.465 e. The van der Waals surface area contributed by atoms with E-state index in [1.54, 1.807) is 19.4 Å². The third-order valence-corrected chi connectivity index (χ3v) is 4.96. The first-order valence-corrected chi connectivity index (χ1v) is 7.89. The average molecular weight is 315 g/mol. The first kappa shape index (κ1) is 14.5. The molecule has 2 heterocycles. The highest BCUT2D eigenvalue weighted by Gasteiger charge is 2.23. The summed E-state index contributed by atoms with van der Waals surface area (Å²) in [5.74, 6) is -0.577. The lowest BCUT2D eigenvalue weighted by molar-refractivity contribution is 0.0607. The summed E-state index contributed by atoms with van der Waals surface area (Å²) in [6.45, 7) is 1.71. The number of methoxy groups -OCH3 is 1. The Morgan fingerprint density at radius 2 is 2.20 bits per heavy atom. The van der Waals surface area contributed by atoms with Gasteiger partial charge >= 0.3 is 5.97 Å². The molecule has 0 aliphatic rings. The predicted molar refractivity (Wildman–Crippen MR) is 74.4 cm³/mol. The molecule has 108 valence electrons. The third kappa shape index (κ3) is 2.68. The van der Waals surface area contributed by atoms with E-state index in [0.717, 1.165) is 11.3 Å². The maximum atomic E-state index is 12.2. The monoisotopic (exact) mass is 315 g/mol. The van der Waals surface area contributed by atoms with Crippen LogP contribution < -0.4 is 4.72 Å². The Balaban J connectivity index is 2.39. The normalized spacial score (nSPS) is 11.3. The largest absolute Gasteiger partial charge is 0.465 e. The van der Waals surface area contributed by atoms with Gasteiger partial charge in [-0.15, -0.1) is 11.3 Å². The van der Waals surface area contributed by atoms with Crippen molar-refractivity contribution in [2.45, 2.75) is 11.8 Å². The highest BCUT2D eigenvalue weighted by molar-refractivity contribution is 7.92. The van der Waals surface area contributed by atoms with Crippen LogP contribution in [0.15, 0.2) is 22.7 Å². The van der Waals surface area contributed by atoms with Gasteiger partial charge in [0.25, 0.3) is 10.0 Å². The summed E-state index contributed by atoms with van der Waals surface area (Å²) in [6, 6.07) is 0. The highest BCUT2D eigenvalue weighted by Crippen LogP contribution is 2.30. The highest BCUT2D eigenvalue weighted by atomic mass is 32.2. The molecule has 0 fully saturated rings. The summed E-state index contributed by atoms with van der Waals surface area (Å²) in [5.41, 5.74) is 0.897. The fourth-order valence-electron chi connectivity index (χ4n) is 1.54. The number of carbonyl (C=O) groups excluding carboxylic acids is 1. The van der Waals surface area contributed by atoms with Crippen LogP contribution >= 0.6 is 11.3 Å². The van der Waals surface area contributed by atoms with Crippen molar-refractivity contribution in [2.75, 3.05) is 11.8 Å². The van der Waals surface area contributed by atoms with Crippen molar-refractivity contribution < 1.29 is 17.9 Å². The number of hydrogen-bond acceptors (Lipinski definition) is 6. The quantitative estimate of drug-likeness (QED) is 0.861. The van der Waals surface area contributed by atoms with Gasteiger partial charge in [-0.3, -0.25) is 9.40 Å². The number of carbonyl (C=O) groups is 1. The van der Waals surface area contributed by atoms with Gasteiger partial charge in [-0.2, -0.15) is 5.10 Å². The van der Waals surface area contributed by atoms with Crippen LogP contribution in [0.2, 0.25) is 0 Å². The second kappa shape index (κ2) is 5.25. The Labute approximate surface area is 120 Å². The van der Waals surface area contributed by atoms with Crippen LogP contribution in [0, 0.1) is 6.92 Å². The maximum Gasteiger partial charge on any atom is 0.350 e. The SMILES string of the molecule is COC(=O)c1scc(C)c1NS(=O)(=O)c1cnn(C)c1. The van der Waals surface area contributed by atoms with E-state index in [2.05, 4.69) is 14.6 Å². The molecule has 0 bridgehead atoms. The first-order chi connectivity index (χ1) is 9.35. The summed E-state index contributed by atoms with van der Waals surface area (Å²) in [5, 5.41) is 5.50. The first-order valence-electron chi connectivity index (χ1n) is 5.53. The van der Waals surface area contributed by atoms with Gasteiger partial charge in [-0.25, -0.2) is 13.2 Å². The molecule has 0 saturated carbocycles. The number of nitrogens with one attached hydrogen (secondary N) is 1. The molecule has 2 aromatic heterocycles. The fraction of sp³-hybridized carbons (Fsp3) is 0.273. The van der Waals surface area contributed by atoms with Crippen LogP contribution in [0.25, 0.3) is 0 Å². The molecule has 0 aliphatic heterocycles. The molecule has 20 heavy (non-hydrogen) atoms. The number of sulfonamides is 1. The van der Waals surface area contributed by atoms with Crippen LogP contribution in [0.1, 0.15) is 15.2 Å². The molecule has 0 atom stereocenters. The summed E-state index contributed by atoms with van der Waals surface area (Å²) in [7, 11) is -0.917. The molecule has 0 aromatic carbocycles. The zero-order chi connectivity index (χ0) is 14.9. The van der Waals surface area contributed by atoms with E-state index in [-0.39, 0.29) is 15.5 Å². The van der Waals surface area contributed by atoms with E-state index in [0.29, 0.717) is 5.56 Å². The van der Waals surface area contributed by atoms with E-state index >= 15 is 0 Å². The molecule has 0 saturated heterocycles. The van der Waals surface area contributed by atoms with Crippen molar-refractivity contribution in [3.8, 4) is 0 Å². The number of ether oxygens (including phenoxy) is 1. The molecule has 0 radical (unpaired) electrons. The molecule has 0 unspecified atom stereocenters. The van der Waals surface area contributed by atoms with E-state index in [4.69, 9.17) is 0 Å². The summed E-state index contributed by atoms with van der Waals surface area (Å²) < 4.78 is 32.9. The van der Waals surface area contributed by atoms with Crippen molar-refractivity contribution in [3.63, 3.8) is 0 Å². The number of rotatable bonds is 4. The molecule has 2 rings (SSSR count). The number of aromatic nitrogens is 2. The summed E-state index contributed by atoms with van der Waals surface area (Å²) >= 11 is 1.13. The Hall–Kier alpha value is -1.87. The lowest BCUT2D eigenvalue weighted by Gasteiger charge is -2.08. The smallest absolute Gasteiger partial charge is 0.350 e. The van der Waals surface area contributed by atoms with Crippen LogP contribution in [0.5, 0.6) is 0 Å². The van der Waals surface area contributed by atoms with Gasteiger partial charge < -0.3 is 4.74 Å². The second-order valence-corrected chi connectivity index (χ2v) is 6.63. The lowest BCUT2D eigenvalue weighted by Crippen LogP contribution is -2.15. The van der Waals surface area contributed by atoms with Gasteiger partial charge in [0.05, 0.1) is 19.0 Å². The van der Waals surface area contributed by atoms with Crippen LogP contribution in [-0.4, -0.2) is 31.3 Å². The Bertz CT molecular complexity index is 746. The lowest BCUT2D eigenvalue weighted by atomic mass is 10.3. The third-order valence-electron chi connectivity index (χ3n) is 2.57. The molecular formula is C11H13N3O4S2. The van der Waals surface area contributed by atoms with Crippen LogP contribution in [0.4, 0.5) is 5.69 Å². The van der Waals surface area contributed by atoms with Gasteiger partial charge in [-0.1, -0.05) is 0 Å². The van der Waals surface area contributed by atoms with Crippen LogP contribution in [-0.2, 0) is 21.8 Å². The van der Waals surface area contributed by atoms with E-state index < -0.39 is 16.0 Å². The molecule has 1 N–H and O–H groups in total. The molecule has 0 aliphatic carbocycles. The van der Waals surface area contributed by atoms with E-state index in [9.17, 15) is 13.2 Å². The topological polar surface area (TPSA) is 90.3 Å². The standard InChI is InChI=1S/C11H13N3O4S2/c1-7-6-19-10(11(15)18-3)9(7)13-20(16,17)8-4-12-14(2)5-8/h4-6,13H,1-3H3. The van der Waals surface area contributed by atoms with Gasteiger partial charge in [-0.05, 0) is 17.9 Å². The van der Waals surface area contributed by atoms with Gasteiger partial charge in [0, 0.05) is 13.2 Å². The summed E-state index contributed by atoms with van der Waals surface area (Å²) in [6.07, 6.45) is 2.61. The Kier molecular flexibility index (Phi) is 3.82. The molecule has 9 heteroatoms. The fourth-order valence-corrected chi connectivity index (χ4v) is 3.66. The van der Waals surface area contributed by atoms with Crippen molar-refractivity contribution in [3.05, 3.63) is 28.2 Å². The zero-order valence-electron chi connectivity index (χ0n) is 11.1. The van der Waals surface area contributed by atoms with Crippen molar-refractivity contribution in [1.82, 2.24) is 9.78 Å². The van der Waals surface area contributed by atoms with Gasteiger partial charge in [0.15, 0.2) is 0 Å². The van der Waals surface area contributed by atoms with E-state index in [1.807, 2.05) is 0 Å². The number of aryl methyl sites for hydroxylation is 2. The summed E-state index contributed by atoms with van der Waals surface area (Å²) in [4.78, 5) is 11.9. The molecule has 7 nitrogen and oxygen atoms in total. The number of thiophene rings is 1. The number of anilines is 1. The second-order valence-electron chi connectivity index (χ2n) is 4.07. The number of hydrogen-bond donors (Lipinski definition) is 1. The number of nitrogens with zero attached hydrogens (tertiary/aromatic N) is 2. The Morgan fingerprint density at radius 3 is 2.75 bits per heavy atom. The molecule has 0 spiro atoms. The average Bonchev–Trinajstić information content (AvgIpc) is 2.97. The molecule has 0 amide bonds. The van der Waals surface area contributed by atoms with Crippen molar-refractivity contribution in [1.29, 1.82) is 0 Å². The maximum absolute atomic E-state index is 12.2. The van der Waals surface area contributed by atoms with Crippen molar-refractivity contribution >= 4 is 33.0 Å². The predicted octanol–water partition coefficient (Wildman–Crippen LogP) is 1.38. The molecular weight excluding hydrogens is 302 g/mol. The molecule has 2 aromatic rings. The van der Waals surface area contributed by atoms with Gasteiger partial charge in [0.1, 0.15) is 9.77 Å². The minimum absolute atomic E-state index is 0.0291.